The molecule has 9 nitrogen and oxygen atoms in total. The Balaban J connectivity index is 1.95. The van der Waals surface area contributed by atoms with Crippen molar-refractivity contribution in [2.45, 2.75) is 19.9 Å². The van der Waals surface area contributed by atoms with Crippen LogP contribution in [0.2, 0.25) is 0 Å². The average molecular weight is 464 g/mol. The number of aromatic nitrogens is 1. The molecule has 1 atom stereocenters. The minimum Gasteiger partial charge on any atom is -0.507 e. The lowest BCUT2D eigenvalue weighted by molar-refractivity contribution is -0.132. The van der Waals surface area contributed by atoms with E-state index in [1.165, 1.54) is 19.1 Å². The third-order valence-electron chi connectivity index (χ3n) is 5.48. The number of benzene rings is 2. The molecule has 0 bridgehead atoms. The Morgan fingerprint density at radius 1 is 1.06 bits per heavy atom. The molecule has 176 valence electrons. The van der Waals surface area contributed by atoms with E-state index in [1.54, 1.807) is 55.5 Å². The van der Waals surface area contributed by atoms with Gasteiger partial charge in [0.25, 0.3) is 5.78 Å². The molecule has 0 aliphatic carbocycles. The predicted molar refractivity (Wildman–Crippen MR) is 123 cm³/mol. The summed E-state index contributed by atoms with van der Waals surface area (Å²) in [6.45, 7) is 4.03. The molecule has 9 heteroatoms. The SMILES string of the molecule is CCOc1ccc(C(O)=C2C(=O)C(=O)N(c3cc(C)on3)C2c2cc(OC)ccc2OC)cc1. The Kier molecular flexibility index (Phi) is 6.27. The van der Waals surface area contributed by atoms with Gasteiger partial charge in [-0.1, -0.05) is 5.16 Å². The van der Waals surface area contributed by atoms with Crippen molar-refractivity contribution in [2.75, 3.05) is 25.7 Å². The lowest BCUT2D eigenvalue weighted by atomic mass is 9.94. The molecule has 2 aromatic carbocycles. The van der Waals surface area contributed by atoms with E-state index in [0.29, 0.717) is 40.7 Å². The summed E-state index contributed by atoms with van der Waals surface area (Å²) < 4.78 is 21.5. The van der Waals surface area contributed by atoms with Crippen LogP contribution in [0.4, 0.5) is 5.82 Å². The summed E-state index contributed by atoms with van der Waals surface area (Å²) in [6, 6.07) is 12.1. The molecular formula is C25H24N2O7. The van der Waals surface area contributed by atoms with Gasteiger partial charge in [-0.3, -0.25) is 14.5 Å². The number of rotatable bonds is 7. The normalized spacial score (nSPS) is 17.2. The molecule has 1 aromatic heterocycles. The van der Waals surface area contributed by atoms with Crippen molar-refractivity contribution < 1.29 is 33.4 Å². The number of aliphatic hydroxyl groups excluding tert-OH is 1. The Hall–Kier alpha value is -4.27. The van der Waals surface area contributed by atoms with Crippen LogP contribution < -0.4 is 19.1 Å². The maximum absolute atomic E-state index is 13.3. The van der Waals surface area contributed by atoms with Gasteiger partial charge < -0.3 is 23.8 Å². The number of anilines is 1. The van der Waals surface area contributed by atoms with Gasteiger partial charge in [0.2, 0.25) is 0 Å². The van der Waals surface area contributed by atoms with Crippen molar-refractivity contribution >= 4 is 23.3 Å². The van der Waals surface area contributed by atoms with Crippen LogP contribution >= 0.6 is 0 Å². The third kappa shape index (κ3) is 3.96. The molecule has 0 spiro atoms. The topological polar surface area (TPSA) is 111 Å². The number of aryl methyl sites for hydroxylation is 1. The van der Waals surface area contributed by atoms with Crippen LogP contribution in [0.15, 0.2) is 58.6 Å². The van der Waals surface area contributed by atoms with Gasteiger partial charge in [0.1, 0.15) is 34.8 Å². The van der Waals surface area contributed by atoms with Gasteiger partial charge in [-0.25, -0.2) is 0 Å². The number of hydrogen-bond donors (Lipinski definition) is 1. The fraction of sp³-hybridized carbons (Fsp3) is 0.240. The molecule has 1 unspecified atom stereocenters. The molecular weight excluding hydrogens is 440 g/mol. The Bertz CT molecular complexity index is 1260. The first-order chi connectivity index (χ1) is 16.4. The van der Waals surface area contributed by atoms with Crippen LogP contribution in [0.3, 0.4) is 0 Å². The molecule has 0 radical (unpaired) electrons. The Morgan fingerprint density at radius 3 is 2.35 bits per heavy atom. The molecule has 34 heavy (non-hydrogen) atoms. The summed E-state index contributed by atoms with van der Waals surface area (Å²) in [4.78, 5) is 27.6. The van der Waals surface area contributed by atoms with Crippen LogP contribution in [0.5, 0.6) is 17.2 Å². The number of carbonyl (C=O) groups excluding carboxylic acids is 2. The highest BCUT2D eigenvalue weighted by atomic mass is 16.5. The highest BCUT2D eigenvalue weighted by Crippen LogP contribution is 2.45. The van der Waals surface area contributed by atoms with Gasteiger partial charge in [0.15, 0.2) is 5.82 Å². The third-order valence-corrected chi connectivity index (χ3v) is 5.48. The van der Waals surface area contributed by atoms with Gasteiger partial charge in [0.05, 0.1) is 26.4 Å². The van der Waals surface area contributed by atoms with E-state index in [-0.39, 0.29) is 17.2 Å². The standard InChI is InChI=1S/C25H24N2O7/c1-5-33-16-8-6-15(7-9-16)23(28)21-22(18-13-17(31-3)10-11-19(18)32-4)27(25(30)24(21)29)20-12-14(2)34-26-20/h6-13,22,28H,5H2,1-4H3. The highest BCUT2D eigenvalue weighted by Gasteiger charge is 2.49. The fourth-order valence-electron chi connectivity index (χ4n) is 3.91. The zero-order valence-electron chi connectivity index (χ0n) is 19.2. The van der Waals surface area contributed by atoms with E-state index in [9.17, 15) is 14.7 Å². The molecule has 1 aliphatic rings. The lowest BCUT2D eigenvalue weighted by Crippen LogP contribution is -2.30. The Labute approximate surface area is 196 Å². The fourth-order valence-corrected chi connectivity index (χ4v) is 3.91. The quantitative estimate of drug-likeness (QED) is 0.317. The maximum atomic E-state index is 13.3. The summed E-state index contributed by atoms with van der Waals surface area (Å²) in [7, 11) is 2.98. The average Bonchev–Trinajstić information content (AvgIpc) is 3.39. The summed E-state index contributed by atoms with van der Waals surface area (Å²) >= 11 is 0. The number of nitrogens with zero attached hydrogens (tertiary/aromatic N) is 2. The first-order valence-corrected chi connectivity index (χ1v) is 10.6. The number of methoxy groups -OCH3 is 2. The predicted octanol–water partition coefficient (Wildman–Crippen LogP) is 4.03. The molecule has 1 aliphatic heterocycles. The molecule has 1 fully saturated rings. The Morgan fingerprint density at radius 2 is 1.76 bits per heavy atom. The summed E-state index contributed by atoms with van der Waals surface area (Å²) in [5.74, 6) is 0.0504. The van der Waals surface area contributed by atoms with Crippen molar-refractivity contribution in [3.63, 3.8) is 0 Å². The van der Waals surface area contributed by atoms with Gasteiger partial charge in [0, 0.05) is 17.2 Å². The molecule has 4 rings (SSSR count). The molecule has 1 amide bonds. The number of Topliss-reactive ketones (excluding diaryl/α,β-unsaturated/α-hetero) is 1. The smallest absolute Gasteiger partial charge is 0.301 e. The van der Waals surface area contributed by atoms with Crippen LogP contribution in [0.25, 0.3) is 5.76 Å². The van der Waals surface area contributed by atoms with Crippen LogP contribution in [0, 0.1) is 6.92 Å². The number of carbonyl (C=O) groups is 2. The number of aliphatic hydroxyl groups is 1. The number of hydrogen-bond acceptors (Lipinski definition) is 8. The summed E-state index contributed by atoms with van der Waals surface area (Å²) in [5.41, 5.74) is 0.681. The summed E-state index contributed by atoms with van der Waals surface area (Å²) in [6.07, 6.45) is 0. The highest BCUT2D eigenvalue weighted by molar-refractivity contribution is 6.51. The van der Waals surface area contributed by atoms with Crippen LogP contribution in [-0.2, 0) is 9.59 Å². The van der Waals surface area contributed by atoms with E-state index in [4.69, 9.17) is 18.7 Å². The first-order valence-electron chi connectivity index (χ1n) is 10.6. The first kappa shape index (κ1) is 22.9. The van der Waals surface area contributed by atoms with E-state index in [0.717, 1.165) is 0 Å². The van der Waals surface area contributed by atoms with Gasteiger partial charge in [-0.2, -0.15) is 0 Å². The largest absolute Gasteiger partial charge is 0.507 e. The van der Waals surface area contributed by atoms with E-state index in [1.807, 2.05) is 6.92 Å². The van der Waals surface area contributed by atoms with Crippen molar-refractivity contribution in [1.29, 1.82) is 0 Å². The minimum atomic E-state index is -1.04. The van der Waals surface area contributed by atoms with E-state index in [2.05, 4.69) is 5.16 Å². The van der Waals surface area contributed by atoms with Crippen molar-refractivity contribution in [3.8, 4) is 17.2 Å². The second-order valence-corrected chi connectivity index (χ2v) is 7.53. The van der Waals surface area contributed by atoms with Gasteiger partial charge in [-0.05, 0) is 56.3 Å². The second kappa shape index (κ2) is 9.30. The van der Waals surface area contributed by atoms with Crippen molar-refractivity contribution in [2.24, 2.45) is 0 Å². The molecule has 1 saturated heterocycles. The lowest BCUT2D eigenvalue weighted by Gasteiger charge is -2.24. The summed E-state index contributed by atoms with van der Waals surface area (Å²) in [5, 5.41) is 15.2. The zero-order valence-corrected chi connectivity index (χ0v) is 19.2. The number of amides is 1. The van der Waals surface area contributed by atoms with E-state index >= 15 is 0 Å². The van der Waals surface area contributed by atoms with Crippen molar-refractivity contribution in [1.82, 2.24) is 5.16 Å². The molecule has 1 N–H and O–H groups in total. The van der Waals surface area contributed by atoms with Crippen LogP contribution in [0.1, 0.15) is 29.9 Å². The molecule has 3 aromatic rings. The van der Waals surface area contributed by atoms with Crippen LogP contribution in [-0.4, -0.2) is 42.8 Å². The number of ether oxygens (including phenoxy) is 3. The minimum absolute atomic E-state index is 0.110. The van der Waals surface area contributed by atoms with E-state index < -0.39 is 17.7 Å². The van der Waals surface area contributed by atoms with Gasteiger partial charge in [-0.15, -0.1) is 0 Å². The van der Waals surface area contributed by atoms with Crippen molar-refractivity contribution in [3.05, 3.63) is 71.0 Å². The molecule has 0 saturated carbocycles. The van der Waals surface area contributed by atoms with Gasteiger partial charge >= 0.3 is 5.91 Å². The monoisotopic (exact) mass is 464 g/mol. The zero-order chi connectivity index (χ0) is 24.4. The number of ketones is 1. The maximum Gasteiger partial charge on any atom is 0.301 e. The molecule has 2 heterocycles. The second-order valence-electron chi connectivity index (χ2n) is 7.53.